The smallest absolute Gasteiger partial charge is 0.180 e. The number of thioether (sulfide) groups is 1. The van der Waals surface area contributed by atoms with Crippen molar-refractivity contribution in [3.8, 4) is 0 Å². The van der Waals surface area contributed by atoms with Crippen LogP contribution in [0.4, 0.5) is 4.39 Å². The molecule has 0 spiro atoms. The van der Waals surface area contributed by atoms with Crippen LogP contribution >= 0.6 is 11.8 Å². The van der Waals surface area contributed by atoms with Gasteiger partial charge in [-0.3, -0.25) is 4.68 Å². The van der Waals surface area contributed by atoms with Crippen molar-refractivity contribution in [3.05, 3.63) is 65.6 Å². The van der Waals surface area contributed by atoms with Gasteiger partial charge in [-0.15, -0.1) is 5.10 Å². The number of rotatable bonds is 4. The summed E-state index contributed by atoms with van der Waals surface area (Å²) in [5.41, 5.74) is 8.13. The van der Waals surface area contributed by atoms with Gasteiger partial charge in [0.25, 0.3) is 0 Å². The normalized spacial score (nSPS) is 12.3. The van der Waals surface area contributed by atoms with Gasteiger partial charge in [-0.25, -0.2) is 4.39 Å². The molecule has 0 aliphatic heterocycles. The first-order valence-electron chi connectivity index (χ1n) is 7.28. The molecule has 3 aromatic rings. The maximum Gasteiger partial charge on any atom is 0.180 e. The van der Waals surface area contributed by atoms with E-state index >= 15 is 0 Å². The van der Waals surface area contributed by atoms with E-state index < -0.39 is 0 Å². The quantitative estimate of drug-likeness (QED) is 0.450. The number of hydrogen-bond donors (Lipinski definition) is 1. The van der Waals surface area contributed by atoms with Gasteiger partial charge in [0.15, 0.2) is 5.17 Å². The van der Waals surface area contributed by atoms with Crippen molar-refractivity contribution in [2.24, 2.45) is 23.0 Å². The lowest BCUT2D eigenvalue weighted by Crippen LogP contribution is -2.06. The molecule has 0 aliphatic rings. The lowest BCUT2D eigenvalue weighted by atomic mass is 10.1. The van der Waals surface area contributed by atoms with E-state index in [1.807, 2.05) is 30.3 Å². The number of nitrogens with zero attached hydrogens (tertiary/aromatic N) is 4. The van der Waals surface area contributed by atoms with Gasteiger partial charge in [-0.1, -0.05) is 42.1 Å². The Morgan fingerprint density at radius 2 is 2.12 bits per heavy atom. The SMILES string of the molecule is Cn1ncc2cc(F)c(C=NN=C(N)SCc3ccccc3)cc21. The molecule has 2 aromatic carbocycles. The molecule has 0 bridgehead atoms. The Kier molecular flexibility index (Phi) is 4.90. The molecule has 24 heavy (non-hydrogen) atoms. The Bertz CT molecular complexity index is 902. The van der Waals surface area contributed by atoms with Crippen LogP contribution in [0.15, 0.2) is 58.9 Å². The van der Waals surface area contributed by atoms with E-state index in [4.69, 9.17) is 5.73 Å². The highest BCUT2D eigenvalue weighted by Crippen LogP contribution is 2.17. The predicted octanol–water partition coefficient (Wildman–Crippen LogP) is 3.29. The van der Waals surface area contributed by atoms with Gasteiger partial charge in [0.1, 0.15) is 5.82 Å². The zero-order valence-corrected chi connectivity index (χ0v) is 13.9. The summed E-state index contributed by atoms with van der Waals surface area (Å²) in [6.45, 7) is 0. The van der Waals surface area contributed by atoms with Crippen LogP contribution in [-0.2, 0) is 12.8 Å². The molecule has 7 heteroatoms. The van der Waals surface area contributed by atoms with Crippen molar-refractivity contribution < 1.29 is 4.39 Å². The van der Waals surface area contributed by atoms with Crippen LogP contribution in [0.5, 0.6) is 0 Å². The van der Waals surface area contributed by atoms with Gasteiger partial charge in [-0.2, -0.15) is 10.2 Å². The second-order valence-electron chi connectivity index (χ2n) is 5.16. The van der Waals surface area contributed by atoms with E-state index in [0.29, 0.717) is 16.5 Å². The number of fused-ring (bicyclic) bond motifs is 1. The van der Waals surface area contributed by atoms with E-state index in [-0.39, 0.29) is 5.82 Å². The van der Waals surface area contributed by atoms with E-state index in [0.717, 1.165) is 16.5 Å². The van der Waals surface area contributed by atoms with Crippen LogP contribution < -0.4 is 5.73 Å². The summed E-state index contributed by atoms with van der Waals surface area (Å²) in [6, 6.07) is 13.1. The molecule has 1 heterocycles. The first kappa shape index (κ1) is 16.2. The summed E-state index contributed by atoms with van der Waals surface area (Å²) in [5, 5.41) is 13.0. The van der Waals surface area contributed by atoms with E-state index in [1.54, 1.807) is 24.0 Å². The maximum absolute atomic E-state index is 14.0. The number of aromatic nitrogens is 2. The fourth-order valence-corrected chi connectivity index (χ4v) is 2.81. The maximum atomic E-state index is 14.0. The monoisotopic (exact) mass is 341 g/mol. The van der Waals surface area contributed by atoms with Gasteiger partial charge >= 0.3 is 0 Å². The lowest BCUT2D eigenvalue weighted by molar-refractivity contribution is 0.627. The number of hydrogen-bond acceptors (Lipinski definition) is 4. The molecule has 0 atom stereocenters. The predicted molar refractivity (Wildman–Crippen MR) is 97.6 cm³/mol. The third kappa shape index (κ3) is 3.80. The molecule has 0 radical (unpaired) electrons. The van der Waals surface area contributed by atoms with Crippen molar-refractivity contribution >= 4 is 34.0 Å². The van der Waals surface area contributed by atoms with E-state index in [1.165, 1.54) is 24.0 Å². The molecule has 0 saturated carbocycles. The first-order chi connectivity index (χ1) is 11.6. The van der Waals surface area contributed by atoms with Gasteiger partial charge in [-0.05, 0) is 17.7 Å². The summed E-state index contributed by atoms with van der Waals surface area (Å²) in [5.74, 6) is 0.339. The van der Waals surface area contributed by atoms with Gasteiger partial charge < -0.3 is 5.73 Å². The zero-order chi connectivity index (χ0) is 16.9. The molecule has 0 aliphatic carbocycles. The van der Waals surface area contributed by atoms with E-state index in [2.05, 4.69) is 15.3 Å². The average molecular weight is 341 g/mol. The molecular weight excluding hydrogens is 325 g/mol. The van der Waals surface area contributed by atoms with Crippen molar-refractivity contribution in [1.29, 1.82) is 0 Å². The van der Waals surface area contributed by atoms with Crippen LogP contribution in [0.1, 0.15) is 11.1 Å². The number of benzene rings is 2. The fraction of sp³-hybridized carbons (Fsp3) is 0.118. The largest absolute Gasteiger partial charge is 0.377 e. The third-order valence-corrected chi connectivity index (χ3v) is 4.30. The standard InChI is InChI=1S/C17H16FN5S/c1-23-16-8-13(15(18)7-14(16)10-21-23)9-20-22-17(19)24-11-12-5-3-2-4-6-12/h2-10H,11H2,1H3,(H2,19,22). The van der Waals surface area contributed by atoms with Crippen LogP contribution in [0.25, 0.3) is 10.9 Å². The highest BCUT2D eigenvalue weighted by molar-refractivity contribution is 8.13. The summed E-state index contributed by atoms with van der Waals surface area (Å²) in [7, 11) is 1.80. The van der Waals surface area contributed by atoms with Crippen molar-refractivity contribution in [1.82, 2.24) is 9.78 Å². The molecule has 0 unspecified atom stereocenters. The highest BCUT2D eigenvalue weighted by Gasteiger charge is 2.06. The van der Waals surface area contributed by atoms with Crippen LogP contribution in [0.3, 0.4) is 0 Å². The summed E-state index contributed by atoms with van der Waals surface area (Å²) in [6.07, 6.45) is 2.98. The van der Waals surface area contributed by atoms with Crippen molar-refractivity contribution in [2.45, 2.75) is 5.75 Å². The molecule has 122 valence electrons. The van der Waals surface area contributed by atoms with E-state index in [9.17, 15) is 4.39 Å². The van der Waals surface area contributed by atoms with Crippen LogP contribution in [0, 0.1) is 5.82 Å². The fourth-order valence-electron chi connectivity index (χ4n) is 2.20. The van der Waals surface area contributed by atoms with Crippen molar-refractivity contribution in [2.75, 3.05) is 0 Å². The summed E-state index contributed by atoms with van der Waals surface area (Å²) < 4.78 is 15.7. The van der Waals surface area contributed by atoms with Gasteiger partial charge in [0, 0.05) is 23.8 Å². The van der Waals surface area contributed by atoms with Crippen LogP contribution in [-0.4, -0.2) is 21.2 Å². The van der Waals surface area contributed by atoms with Crippen molar-refractivity contribution in [3.63, 3.8) is 0 Å². The Labute approximate surface area is 143 Å². The second-order valence-corrected chi connectivity index (χ2v) is 6.15. The Morgan fingerprint density at radius 1 is 1.33 bits per heavy atom. The molecular formula is C17H16FN5S. The molecule has 5 nitrogen and oxygen atoms in total. The molecule has 3 rings (SSSR count). The molecule has 2 N–H and O–H groups in total. The van der Waals surface area contributed by atoms with Gasteiger partial charge in [0.05, 0.1) is 17.9 Å². The van der Waals surface area contributed by atoms with Gasteiger partial charge in [0.2, 0.25) is 0 Å². The molecule has 0 fully saturated rings. The third-order valence-electron chi connectivity index (χ3n) is 3.45. The topological polar surface area (TPSA) is 68.6 Å². The Balaban J connectivity index is 1.68. The Hall–Kier alpha value is -2.67. The summed E-state index contributed by atoms with van der Waals surface area (Å²) >= 11 is 1.38. The number of halogens is 1. The first-order valence-corrected chi connectivity index (χ1v) is 8.26. The number of nitrogens with two attached hydrogens (primary N) is 1. The highest BCUT2D eigenvalue weighted by atomic mass is 32.2. The minimum absolute atomic E-state index is 0.331. The molecule has 0 saturated heterocycles. The Morgan fingerprint density at radius 3 is 2.92 bits per heavy atom. The zero-order valence-electron chi connectivity index (χ0n) is 13.1. The molecule has 0 amide bonds. The summed E-state index contributed by atoms with van der Waals surface area (Å²) in [4.78, 5) is 0. The number of amidine groups is 1. The average Bonchev–Trinajstić information content (AvgIpc) is 2.94. The lowest BCUT2D eigenvalue weighted by Gasteiger charge is -2.00. The second kappa shape index (κ2) is 7.27. The van der Waals surface area contributed by atoms with Crippen LogP contribution in [0.2, 0.25) is 0 Å². The molecule has 1 aromatic heterocycles. The minimum Gasteiger partial charge on any atom is -0.377 e. The minimum atomic E-state index is -0.370. The number of aryl methyl sites for hydroxylation is 1.